The van der Waals surface area contributed by atoms with E-state index in [4.69, 9.17) is 4.74 Å². The molecule has 4 atom stereocenters. The smallest absolute Gasteiger partial charge is 0.123 e. The van der Waals surface area contributed by atoms with Crippen molar-refractivity contribution in [2.24, 2.45) is 11.8 Å². The number of benzene rings is 1. The highest BCUT2D eigenvalue weighted by molar-refractivity contribution is 9.09. The van der Waals surface area contributed by atoms with E-state index in [1.807, 2.05) is 12.1 Å². The summed E-state index contributed by atoms with van der Waals surface area (Å²) in [6.07, 6.45) is 3.86. The van der Waals surface area contributed by atoms with Crippen LogP contribution in [-0.2, 0) is 4.74 Å². The van der Waals surface area contributed by atoms with Crippen LogP contribution in [0.3, 0.4) is 0 Å². The second kappa shape index (κ2) is 6.85. The zero-order valence-electron chi connectivity index (χ0n) is 11.6. The maximum Gasteiger partial charge on any atom is 0.123 e. The second-order valence-electron chi connectivity index (χ2n) is 5.72. The fourth-order valence-corrected chi connectivity index (χ4v) is 3.26. The Kier molecular flexibility index (Phi) is 5.40. The molecule has 0 amide bonds. The van der Waals surface area contributed by atoms with Gasteiger partial charge in [0.15, 0.2) is 0 Å². The van der Waals surface area contributed by atoms with E-state index >= 15 is 0 Å². The van der Waals surface area contributed by atoms with Crippen LogP contribution in [0, 0.1) is 17.7 Å². The van der Waals surface area contributed by atoms with Crippen molar-refractivity contribution in [1.29, 1.82) is 0 Å². The van der Waals surface area contributed by atoms with Crippen molar-refractivity contribution in [3.05, 3.63) is 35.6 Å². The molecule has 0 spiro atoms. The molecule has 0 aromatic heterocycles. The van der Waals surface area contributed by atoms with Crippen LogP contribution in [0.4, 0.5) is 4.39 Å². The molecule has 1 aromatic rings. The molecule has 0 bridgehead atoms. The SMILES string of the molecule is CC1CCC(OC(CBr)c2ccc(F)cc2)CC1C. The lowest BCUT2D eigenvalue weighted by molar-refractivity contribution is -0.0384. The lowest BCUT2D eigenvalue weighted by atomic mass is 9.80. The quantitative estimate of drug-likeness (QED) is 0.698. The molecule has 3 heteroatoms. The molecule has 0 N–H and O–H groups in total. The van der Waals surface area contributed by atoms with E-state index in [9.17, 15) is 4.39 Å². The van der Waals surface area contributed by atoms with Crippen molar-refractivity contribution < 1.29 is 9.13 Å². The van der Waals surface area contributed by atoms with Crippen LogP contribution in [0.25, 0.3) is 0 Å². The minimum atomic E-state index is -0.197. The molecule has 1 aliphatic rings. The van der Waals surface area contributed by atoms with E-state index in [2.05, 4.69) is 29.8 Å². The van der Waals surface area contributed by atoms with E-state index in [-0.39, 0.29) is 11.9 Å². The molecule has 0 heterocycles. The van der Waals surface area contributed by atoms with Crippen LogP contribution in [0.15, 0.2) is 24.3 Å². The molecular weight excluding hydrogens is 307 g/mol. The number of hydrogen-bond donors (Lipinski definition) is 0. The van der Waals surface area contributed by atoms with Gasteiger partial charge in [-0.1, -0.05) is 41.9 Å². The van der Waals surface area contributed by atoms with Crippen molar-refractivity contribution in [2.75, 3.05) is 5.33 Å². The number of hydrogen-bond acceptors (Lipinski definition) is 1. The van der Waals surface area contributed by atoms with Crippen molar-refractivity contribution >= 4 is 15.9 Å². The van der Waals surface area contributed by atoms with Crippen LogP contribution < -0.4 is 0 Å². The molecule has 1 saturated carbocycles. The van der Waals surface area contributed by atoms with Gasteiger partial charge in [0.1, 0.15) is 5.82 Å². The zero-order valence-corrected chi connectivity index (χ0v) is 13.2. The molecular formula is C16H22BrFO. The van der Waals surface area contributed by atoms with Gasteiger partial charge in [-0.3, -0.25) is 0 Å². The van der Waals surface area contributed by atoms with Gasteiger partial charge in [0, 0.05) is 5.33 Å². The first kappa shape index (κ1) is 15.0. The standard InChI is InChI=1S/C16H22BrFO/c1-11-3-8-15(9-12(11)2)19-16(10-17)13-4-6-14(18)7-5-13/h4-7,11-12,15-16H,3,8-10H2,1-2H3. The molecule has 4 unspecified atom stereocenters. The minimum Gasteiger partial charge on any atom is -0.369 e. The predicted octanol–water partition coefficient (Wildman–Crippen LogP) is 5.10. The highest BCUT2D eigenvalue weighted by atomic mass is 79.9. The molecule has 2 rings (SSSR count). The Morgan fingerprint density at radius 3 is 2.47 bits per heavy atom. The highest BCUT2D eigenvalue weighted by Gasteiger charge is 2.27. The molecule has 1 aliphatic carbocycles. The topological polar surface area (TPSA) is 9.23 Å². The third-order valence-corrected chi connectivity index (χ3v) is 4.88. The predicted molar refractivity (Wildman–Crippen MR) is 80.0 cm³/mol. The van der Waals surface area contributed by atoms with Crippen LogP contribution >= 0.6 is 15.9 Å². The Labute approximate surface area is 123 Å². The van der Waals surface area contributed by atoms with Gasteiger partial charge in [0.05, 0.1) is 12.2 Å². The molecule has 0 saturated heterocycles. The average Bonchev–Trinajstić information content (AvgIpc) is 2.41. The van der Waals surface area contributed by atoms with Crippen LogP contribution in [0.2, 0.25) is 0 Å². The van der Waals surface area contributed by atoms with E-state index in [1.54, 1.807) is 0 Å². The third kappa shape index (κ3) is 4.03. The summed E-state index contributed by atoms with van der Waals surface area (Å²) in [4.78, 5) is 0. The van der Waals surface area contributed by atoms with Gasteiger partial charge in [-0.15, -0.1) is 0 Å². The largest absolute Gasteiger partial charge is 0.369 e. The lowest BCUT2D eigenvalue weighted by Crippen LogP contribution is -2.28. The highest BCUT2D eigenvalue weighted by Crippen LogP contribution is 2.34. The summed E-state index contributed by atoms with van der Waals surface area (Å²) in [5.74, 6) is 1.33. The Hall–Kier alpha value is -0.410. The van der Waals surface area contributed by atoms with Crippen LogP contribution in [-0.4, -0.2) is 11.4 Å². The summed E-state index contributed by atoms with van der Waals surface area (Å²) in [6, 6.07) is 6.63. The Morgan fingerprint density at radius 1 is 1.21 bits per heavy atom. The summed E-state index contributed by atoms with van der Waals surface area (Å²) in [5.41, 5.74) is 1.05. The van der Waals surface area contributed by atoms with Crippen LogP contribution in [0.5, 0.6) is 0 Å². The van der Waals surface area contributed by atoms with Crippen molar-refractivity contribution in [2.45, 2.75) is 45.3 Å². The fraction of sp³-hybridized carbons (Fsp3) is 0.625. The summed E-state index contributed by atoms with van der Waals surface area (Å²) in [5, 5.41) is 0.749. The molecule has 19 heavy (non-hydrogen) atoms. The molecule has 0 aliphatic heterocycles. The number of halogens is 2. The third-order valence-electron chi connectivity index (χ3n) is 4.29. The summed E-state index contributed by atoms with van der Waals surface area (Å²) in [6.45, 7) is 4.63. The van der Waals surface area contributed by atoms with Crippen molar-refractivity contribution in [3.8, 4) is 0 Å². The van der Waals surface area contributed by atoms with Crippen LogP contribution in [0.1, 0.15) is 44.8 Å². The number of rotatable bonds is 4. The zero-order chi connectivity index (χ0) is 13.8. The molecule has 0 radical (unpaired) electrons. The summed E-state index contributed by atoms with van der Waals surface area (Å²) in [7, 11) is 0. The van der Waals surface area contributed by atoms with E-state index in [0.29, 0.717) is 6.10 Å². The van der Waals surface area contributed by atoms with Crippen molar-refractivity contribution in [1.82, 2.24) is 0 Å². The minimum absolute atomic E-state index is 0.0196. The monoisotopic (exact) mass is 328 g/mol. The van der Waals surface area contributed by atoms with Crippen molar-refractivity contribution in [3.63, 3.8) is 0 Å². The number of alkyl halides is 1. The van der Waals surface area contributed by atoms with Gasteiger partial charge in [-0.05, 0) is 48.8 Å². The van der Waals surface area contributed by atoms with Gasteiger partial charge >= 0.3 is 0 Å². The normalized spacial score (nSPS) is 29.2. The first-order valence-electron chi connectivity index (χ1n) is 7.07. The number of ether oxygens (including phenoxy) is 1. The molecule has 106 valence electrons. The average molecular weight is 329 g/mol. The van der Waals surface area contributed by atoms with E-state index in [1.165, 1.54) is 18.6 Å². The maximum atomic E-state index is 13.0. The van der Waals surface area contributed by atoms with Gasteiger partial charge in [0.25, 0.3) is 0 Å². The first-order chi connectivity index (χ1) is 9.10. The molecule has 1 aromatic carbocycles. The fourth-order valence-electron chi connectivity index (χ4n) is 2.74. The summed E-state index contributed by atoms with van der Waals surface area (Å²) < 4.78 is 19.2. The second-order valence-corrected chi connectivity index (χ2v) is 6.37. The summed E-state index contributed by atoms with van der Waals surface area (Å²) >= 11 is 3.51. The Morgan fingerprint density at radius 2 is 1.89 bits per heavy atom. The lowest BCUT2D eigenvalue weighted by Gasteiger charge is -2.34. The van der Waals surface area contributed by atoms with E-state index in [0.717, 1.165) is 35.6 Å². The molecule has 1 nitrogen and oxygen atoms in total. The Bertz CT molecular complexity index is 392. The Balaban J connectivity index is 1.97. The molecule has 1 fully saturated rings. The first-order valence-corrected chi connectivity index (χ1v) is 8.19. The van der Waals surface area contributed by atoms with Gasteiger partial charge in [0.2, 0.25) is 0 Å². The van der Waals surface area contributed by atoms with E-state index < -0.39 is 0 Å². The van der Waals surface area contributed by atoms with Gasteiger partial charge in [-0.25, -0.2) is 4.39 Å². The van der Waals surface area contributed by atoms with Gasteiger partial charge < -0.3 is 4.74 Å². The maximum absolute atomic E-state index is 13.0. The van der Waals surface area contributed by atoms with Gasteiger partial charge in [-0.2, -0.15) is 0 Å².